The van der Waals surface area contributed by atoms with Crippen LogP contribution >= 0.6 is 15.9 Å². The number of rotatable bonds is 3. The molecule has 0 amide bonds. The summed E-state index contributed by atoms with van der Waals surface area (Å²) in [6.45, 7) is 3.64. The second-order valence-corrected chi connectivity index (χ2v) is 5.96. The van der Waals surface area contributed by atoms with E-state index in [9.17, 15) is 9.90 Å². The lowest BCUT2D eigenvalue weighted by Crippen LogP contribution is -2.40. The summed E-state index contributed by atoms with van der Waals surface area (Å²) in [7, 11) is 1.27. The summed E-state index contributed by atoms with van der Waals surface area (Å²) in [4.78, 5) is 14.7. The Hall–Kier alpha value is -1.33. The molecule has 5 heteroatoms. The molecule has 0 radical (unpaired) electrons. The van der Waals surface area contributed by atoms with Crippen LogP contribution in [0.25, 0.3) is 10.9 Å². The fraction of sp³-hybridized carbons (Fsp3) is 0.357. The molecule has 0 bridgehead atoms. The average Bonchev–Trinajstić information content (AvgIpc) is 2.80. The summed E-state index contributed by atoms with van der Waals surface area (Å²) in [5.74, 6) is -0.630. The van der Waals surface area contributed by atoms with Crippen LogP contribution in [0.1, 0.15) is 19.4 Å². The average molecular weight is 326 g/mol. The van der Waals surface area contributed by atoms with E-state index in [4.69, 9.17) is 0 Å². The summed E-state index contributed by atoms with van der Waals surface area (Å²) in [6, 6.07) is 5.85. The number of carbonyl (C=O) groups excluding carboxylic acids is 1. The number of nitrogens with one attached hydrogen (secondary N) is 1. The van der Waals surface area contributed by atoms with Gasteiger partial charge in [0.15, 0.2) is 6.10 Å². The molecule has 2 aromatic rings. The standard InChI is InChI=1S/C14H16BrNO3/c1-14(2,12(17)13(18)19-3)10-7-16-11-5-4-8(15)6-9(10)11/h4-7,12,16-17H,1-3H3. The number of aromatic amines is 1. The van der Waals surface area contributed by atoms with Crippen LogP contribution in [0, 0.1) is 0 Å². The predicted octanol–water partition coefficient (Wildman–Crippen LogP) is 2.74. The minimum Gasteiger partial charge on any atom is -0.467 e. The normalized spacial score (nSPS) is 13.5. The highest BCUT2D eigenvalue weighted by atomic mass is 79.9. The van der Waals surface area contributed by atoms with Crippen molar-refractivity contribution < 1.29 is 14.6 Å². The Kier molecular flexibility index (Phi) is 3.69. The lowest BCUT2D eigenvalue weighted by atomic mass is 9.79. The van der Waals surface area contributed by atoms with Gasteiger partial charge in [-0.15, -0.1) is 0 Å². The molecule has 0 saturated heterocycles. The quantitative estimate of drug-likeness (QED) is 0.853. The van der Waals surface area contributed by atoms with E-state index in [1.807, 2.05) is 38.2 Å². The molecule has 0 aliphatic rings. The van der Waals surface area contributed by atoms with Gasteiger partial charge < -0.3 is 14.8 Å². The molecule has 19 heavy (non-hydrogen) atoms. The van der Waals surface area contributed by atoms with E-state index < -0.39 is 17.5 Å². The van der Waals surface area contributed by atoms with Crippen molar-refractivity contribution in [2.75, 3.05) is 7.11 Å². The van der Waals surface area contributed by atoms with E-state index >= 15 is 0 Å². The lowest BCUT2D eigenvalue weighted by molar-refractivity contribution is -0.153. The fourth-order valence-electron chi connectivity index (χ4n) is 2.18. The summed E-state index contributed by atoms with van der Waals surface area (Å²) < 4.78 is 5.57. The van der Waals surface area contributed by atoms with Crippen LogP contribution in [-0.4, -0.2) is 29.3 Å². The smallest absolute Gasteiger partial charge is 0.335 e. The topological polar surface area (TPSA) is 62.3 Å². The van der Waals surface area contributed by atoms with Crippen molar-refractivity contribution in [1.29, 1.82) is 0 Å². The van der Waals surface area contributed by atoms with Crippen LogP contribution in [0.2, 0.25) is 0 Å². The number of fused-ring (bicyclic) bond motifs is 1. The van der Waals surface area contributed by atoms with Crippen LogP contribution in [-0.2, 0) is 14.9 Å². The second kappa shape index (κ2) is 4.98. The highest BCUT2D eigenvalue weighted by molar-refractivity contribution is 9.10. The molecule has 0 aliphatic carbocycles. The Labute approximate surface area is 119 Å². The van der Waals surface area contributed by atoms with Crippen molar-refractivity contribution >= 4 is 32.8 Å². The zero-order valence-electron chi connectivity index (χ0n) is 11.0. The number of esters is 1. The minimum absolute atomic E-state index is 0.630. The molecule has 1 atom stereocenters. The monoisotopic (exact) mass is 325 g/mol. The molecule has 102 valence electrons. The number of halogens is 1. The Balaban J connectivity index is 2.54. The molecule has 2 rings (SSSR count). The first-order valence-corrected chi connectivity index (χ1v) is 6.70. The highest BCUT2D eigenvalue weighted by Crippen LogP contribution is 2.34. The zero-order chi connectivity index (χ0) is 14.2. The summed E-state index contributed by atoms with van der Waals surface area (Å²) in [5, 5.41) is 11.1. The lowest BCUT2D eigenvalue weighted by Gasteiger charge is -2.28. The van der Waals surface area contributed by atoms with Crippen LogP contribution in [0.15, 0.2) is 28.9 Å². The van der Waals surface area contributed by atoms with Gasteiger partial charge in [-0.05, 0) is 23.8 Å². The Morgan fingerprint density at radius 2 is 2.16 bits per heavy atom. The van der Waals surface area contributed by atoms with Crippen molar-refractivity contribution in [3.05, 3.63) is 34.4 Å². The summed E-state index contributed by atoms with van der Waals surface area (Å²) in [6.07, 6.45) is 0.610. The molecule has 0 saturated carbocycles. The maximum Gasteiger partial charge on any atom is 0.335 e. The molecule has 1 heterocycles. The van der Waals surface area contributed by atoms with Crippen molar-refractivity contribution in [2.45, 2.75) is 25.4 Å². The van der Waals surface area contributed by atoms with Gasteiger partial charge in [0, 0.05) is 27.0 Å². The third-order valence-electron chi connectivity index (χ3n) is 3.45. The Morgan fingerprint density at radius 3 is 2.79 bits per heavy atom. The SMILES string of the molecule is COC(=O)C(O)C(C)(C)c1c[nH]c2ccc(Br)cc12. The first-order chi connectivity index (χ1) is 8.87. The van der Waals surface area contributed by atoms with Crippen molar-refractivity contribution in [3.8, 4) is 0 Å². The van der Waals surface area contributed by atoms with E-state index in [1.165, 1.54) is 7.11 Å². The first kappa shape index (κ1) is 14.1. The third kappa shape index (κ3) is 2.40. The van der Waals surface area contributed by atoms with E-state index in [0.29, 0.717) is 0 Å². The van der Waals surface area contributed by atoms with Crippen LogP contribution in [0.5, 0.6) is 0 Å². The summed E-state index contributed by atoms with van der Waals surface area (Å²) in [5.41, 5.74) is 1.09. The minimum atomic E-state index is -1.21. The van der Waals surface area contributed by atoms with Gasteiger partial charge in [-0.1, -0.05) is 29.8 Å². The Morgan fingerprint density at radius 1 is 1.47 bits per heavy atom. The molecule has 1 unspecified atom stereocenters. The molecule has 0 fully saturated rings. The van der Waals surface area contributed by atoms with Crippen molar-refractivity contribution in [3.63, 3.8) is 0 Å². The van der Waals surface area contributed by atoms with E-state index in [1.54, 1.807) is 0 Å². The molecular weight excluding hydrogens is 310 g/mol. The number of carbonyl (C=O) groups is 1. The van der Waals surface area contributed by atoms with Crippen LogP contribution in [0.3, 0.4) is 0 Å². The zero-order valence-corrected chi connectivity index (χ0v) is 12.6. The van der Waals surface area contributed by atoms with Gasteiger partial charge in [0.2, 0.25) is 0 Å². The van der Waals surface area contributed by atoms with Crippen LogP contribution in [0.4, 0.5) is 0 Å². The first-order valence-electron chi connectivity index (χ1n) is 5.91. The fourth-order valence-corrected chi connectivity index (χ4v) is 2.54. The largest absolute Gasteiger partial charge is 0.467 e. The number of H-pyrrole nitrogens is 1. The maximum atomic E-state index is 11.6. The second-order valence-electron chi connectivity index (χ2n) is 5.04. The van der Waals surface area contributed by atoms with Crippen molar-refractivity contribution in [2.24, 2.45) is 0 Å². The van der Waals surface area contributed by atoms with Crippen molar-refractivity contribution in [1.82, 2.24) is 4.98 Å². The van der Waals surface area contributed by atoms with Gasteiger partial charge in [0.25, 0.3) is 0 Å². The number of methoxy groups -OCH3 is 1. The third-order valence-corrected chi connectivity index (χ3v) is 3.94. The number of hydrogen-bond acceptors (Lipinski definition) is 3. The number of ether oxygens (including phenoxy) is 1. The van der Waals surface area contributed by atoms with E-state index in [0.717, 1.165) is 20.9 Å². The number of hydrogen-bond donors (Lipinski definition) is 2. The molecule has 1 aromatic carbocycles. The number of aliphatic hydroxyl groups excluding tert-OH is 1. The van der Waals surface area contributed by atoms with Gasteiger partial charge in [0.1, 0.15) is 0 Å². The molecule has 4 nitrogen and oxygen atoms in total. The van der Waals surface area contributed by atoms with Gasteiger partial charge in [-0.2, -0.15) is 0 Å². The maximum absolute atomic E-state index is 11.6. The predicted molar refractivity (Wildman–Crippen MR) is 77.0 cm³/mol. The molecular formula is C14H16BrNO3. The van der Waals surface area contributed by atoms with E-state index in [-0.39, 0.29) is 0 Å². The van der Waals surface area contributed by atoms with Crippen LogP contribution < -0.4 is 0 Å². The van der Waals surface area contributed by atoms with E-state index in [2.05, 4.69) is 25.7 Å². The Bertz CT molecular complexity index is 618. The number of benzene rings is 1. The van der Waals surface area contributed by atoms with Gasteiger partial charge in [-0.3, -0.25) is 0 Å². The molecule has 0 spiro atoms. The highest BCUT2D eigenvalue weighted by Gasteiger charge is 2.37. The van der Waals surface area contributed by atoms with Gasteiger partial charge in [-0.25, -0.2) is 4.79 Å². The summed E-state index contributed by atoms with van der Waals surface area (Å²) >= 11 is 3.43. The number of aliphatic hydroxyl groups is 1. The van der Waals surface area contributed by atoms with Gasteiger partial charge >= 0.3 is 5.97 Å². The molecule has 2 N–H and O–H groups in total. The molecule has 1 aromatic heterocycles. The number of aromatic nitrogens is 1. The molecule has 0 aliphatic heterocycles. The van der Waals surface area contributed by atoms with Gasteiger partial charge in [0.05, 0.1) is 7.11 Å².